The number of amides is 1. The maximum Gasteiger partial charge on any atom is 0.270 e. The van der Waals surface area contributed by atoms with E-state index in [0.29, 0.717) is 5.69 Å². The van der Waals surface area contributed by atoms with Crippen LogP contribution in [0.15, 0.2) is 28.4 Å². The number of rotatable bonds is 4. The van der Waals surface area contributed by atoms with E-state index in [2.05, 4.69) is 10.3 Å². The van der Waals surface area contributed by atoms with Gasteiger partial charge in [0.15, 0.2) is 0 Å². The molecule has 0 bridgehead atoms. The highest BCUT2D eigenvalue weighted by Gasteiger charge is 2.23. The Balaban J connectivity index is 1.97. The predicted octanol–water partition coefficient (Wildman–Crippen LogP) is 2.54. The Morgan fingerprint density at radius 3 is 2.90 bits per heavy atom. The van der Waals surface area contributed by atoms with E-state index in [9.17, 15) is 9.90 Å². The number of aliphatic hydroxyl groups is 1. The van der Waals surface area contributed by atoms with Gasteiger partial charge >= 0.3 is 0 Å². The van der Waals surface area contributed by atoms with Crippen molar-refractivity contribution in [1.82, 2.24) is 10.3 Å². The average molecular weight is 294 g/mol. The quantitative estimate of drug-likeness (QED) is 0.908. The van der Waals surface area contributed by atoms with Crippen LogP contribution in [0.25, 0.3) is 10.6 Å². The van der Waals surface area contributed by atoms with Gasteiger partial charge in [0.05, 0.1) is 12.4 Å². The summed E-state index contributed by atoms with van der Waals surface area (Å²) in [5, 5.41) is 15.0. The average Bonchev–Trinajstić information content (AvgIpc) is 3.03. The molecule has 20 heavy (non-hydrogen) atoms. The summed E-state index contributed by atoms with van der Waals surface area (Å²) in [5.74, 6) is -0.278. The smallest absolute Gasteiger partial charge is 0.270 e. The van der Waals surface area contributed by atoms with Crippen molar-refractivity contribution in [2.75, 3.05) is 6.54 Å². The van der Waals surface area contributed by atoms with E-state index in [1.807, 2.05) is 20.8 Å². The van der Waals surface area contributed by atoms with Crippen LogP contribution in [0, 0.1) is 5.41 Å². The Kier molecular flexibility index (Phi) is 4.25. The van der Waals surface area contributed by atoms with Crippen molar-refractivity contribution >= 4 is 17.2 Å². The van der Waals surface area contributed by atoms with Gasteiger partial charge in [0.1, 0.15) is 17.0 Å². The lowest BCUT2D eigenvalue weighted by Crippen LogP contribution is -2.39. The van der Waals surface area contributed by atoms with Gasteiger partial charge in [-0.1, -0.05) is 20.8 Å². The number of aliphatic hydroxyl groups excluding tert-OH is 1. The Morgan fingerprint density at radius 1 is 1.55 bits per heavy atom. The lowest BCUT2D eigenvalue weighted by molar-refractivity contribution is 0.0585. The van der Waals surface area contributed by atoms with Crippen molar-refractivity contribution in [2.24, 2.45) is 5.41 Å². The van der Waals surface area contributed by atoms with Crippen LogP contribution in [0.1, 0.15) is 31.3 Å². The first-order chi connectivity index (χ1) is 9.38. The Labute approximate surface area is 121 Å². The van der Waals surface area contributed by atoms with Gasteiger partial charge in [-0.3, -0.25) is 4.79 Å². The molecule has 0 saturated heterocycles. The van der Waals surface area contributed by atoms with Crippen LogP contribution in [0.4, 0.5) is 0 Å². The monoisotopic (exact) mass is 294 g/mol. The Morgan fingerprint density at radius 2 is 2.30 bits per heavy atom. The Bertz CT molecular complexity index is 570. The Hall–Kier alpha value is -1.66. The maximum atomic E-state index is 12.0. The number of hydrogen-bond acceptors (Lipinski definition) is 5. The summed E-state index contributed by atoms with van der Waals surface area (Å²) < 4.78 is 4.99. The van der Waals surface area contributed by atoms with Crippen molar-refractivity contribution < 1.29 is 14.3 Å². The van der Waals surface area contributed by atoms with Gasteiger partial charge in [-0.05, 0) is 11.5 Å². The van der Waals surface area contributed by atoms with Crippen LogP contribution in [0.2, 0.25) is 0 Å². The molecular formula is C14H18N2O3S. The fraction of sp³-hybridized carbons (Fsp3) is 0.429. The van der Waals surface area contributed by atoms with Crippen molar-refractivity contribution in [2.45, 2.75) is 26.9 Å². The largest absolute Gasteiger partial charge is 0.472 e. The molecule has 0 radical (unpaired) electrons. The molecule has 5 nitrogen and oxygen atoms in total. The number of nitrogens with zero attached hydrogens (tertiary/aromatic N) is 1. The highest BCUT2D eigenvalue weighted by atomic mass is 32.1. The van der Waals surface area contributed by atoms with Crippen LogP contribution in [0.5, 0.6) is 0 Å². The van der Waals surface area contributed by atoms with E-state index >= 15 is 0 Å². The van der Waals surface area contributed by atoms with Gasteiger partial charge in [0.25, 0.3) is 5.91 Å². The minimum atomic E-state index is -0.599. The third-order valence-corrected chi connectivity index (χ3v) is 3.85. The van der Waals surface area contributed by atoms with Gasteiger partial charge in [-0.25, -0.2) is 4.98 Å². The molecule has 0 aliphatic rings. The number of carbonyl (C=O) groups excluding carboxylic acids is 1. The molecule has 0 aliphatic heterocycles. The molecule has 2 N–H and O–H groups in total. The third kappa shape index (κ3) is 3.46. The van der Waals surface area contributed by atoms with Crippen LogP contribution in [-0.4, -0.2) is 28.6 Å². The molecule has 0 aromatic carbocycles. The summed E-state index contributed by atoms with van der Waals surface area (Å²) in [6.07, 6.45) is 2.55. The van der Waals surface area contributed by atoms with Crippen LogP contribution in [-0.2, 0) is 0 Å². The van der Waals surface area contributed by atoms with Crippen LogP contribution < -0.4 is 5.32 Å². The number of nitrogens with one attached hydrogen (secondary N) is 1. The minimum Gasteiger partial charge on any atom is -0.472 e. The van der Waals surface area contributed by atoms with Gasteiger partial charge < -0.3 is 14.8 Å². The summed E-state index contributed by atoms with van der Waals surface area (Å²) in [6, 6.07) is 1.80. The molecule has 0 spiro atoms. The number of aromatic nitrogens is 1. The minimum absolute atomic E-state index is 0.209. The highest BCUT2D eigenvalue weighted by molar-refractivity contribution is 7.13. The summed E-state index contributed by atoms with van der Waals surface area (Å²) in [7, 11) is 0. The first-order valence-corrected chi connectivity index (χ1v) is 7.20. The van der Waals surface area contributed by atoms with Crippen molar-refractivity contribution in [3.05, 3.63) is 29.7 Å². The third-order valence-electron chi connectivity index (χ3n) is 2.96. The SMILES string of the molecule is CC(C)(C)C(O)CNC(=O)c1csc(-c2ccoc2)n1. The second-order valence-corrected chi connectivity index (χ2v) is 6.50. The number of carbonyl (C=O) groups is 1. The molecule has 1 unspecified atom stereocenters. The second kappa shape index (κ2) is 5.76. The van der Waals surface area contributed by atoms with Crippen molar-refractivity contribution in [3.8, 4) is 10.6 Å². The molecule has 6 heteroatoms. The van der Waals surface area contributed by atoms with Gasteiger partial charge in [0, 0.05) is 17.5 Å². The fourth-order valence-corrected chi connectivity index (χ4v) is 2.27. The standard InChI is InChI=1S/C14H18N2O3S/c1-14(2,3)11(17)6-15-12(18)10-8-20-13(16-10)9-4-5-19-7-9/h4-5,7-8,11,17H,6H2,1-3H3,(H,15,18). The molecule has 0 fully saturated rings. The molecule has 2 rings (SSSR count). The molecule has 2 aromatic heterocycles. The lowest BCUT2D eigenvalue weighted by Gasteiger charge is -2.25. The van der Waals surface area contributed by atoms with Crippen LogP contribution >= 0.6 is 11.3 Å². The van der Waals surface area contributed by atoms with Crippen molar-refractivity contribution in [1.29, 1.82) is 0 Å². The topological polar surface area (TPSA) is 75.4 Å². The number of furan rings is 1. The van der Waals surface area contributed by atoms with Gasteiger partial charge in [-0.15, -0.1) is 11.3 Å². The summed E-state index contributed by atoms with van der Waals surface area (Å²) >= 11 is 1.38. The van der Waals surface area contributed by atoms with Gasteiger partial charge in [-0.2, -0.15) is 0 Å². The summed E-state index contributed by atoms with van der Waals surface area (Å²) in [6.45, 7) is 5.97. The van der Waals surface area contributed by atoms with E-state index in [-0.39, 0.29) is 17.9 Å². The van der Waals surface area contributed by atoms with E-state index in [0.717, 1.165) is 10.6 Å². The first kappa shape index (κ1) is 14.7. The molecular weight excluding hydrogens is 276 g/mol. The number of hydrogen-bond donors (Lipinski definition) is 2. The predicted molar refractivity (Wildman–Crippen MR) is 77.6 cm³/mol. The molecule has 1 amide bonds. The molecule has 2 heterocycles. The van der Waals surface area contributed by atoms with Crippen molar-refractivity contribution in [3.63, 3.8) is 0 Å². The second-order valence-electron chi connectivity index (χ2n) is 5.64. The van der Waals surface area contributed by atoms with E-state index in [1.54, 1.807) is 24.0 Å². The highest BCUT2D eigenvalue weighted by Crippen LogP contribution is 2.24. The zero-order chi connectivity index (χ0) is 14.8. The molecule has 1 atom stereocenters. The lowest BCUT2D eigenvalue weighted by atomic mass is 9.89. The van der Waals surface area contributed by atoms with E-state index in [1.165, 1.54) is 11.3 Å². The summed E-state index contributed by atoms with van der Waals surface area (Å²) in [5.41, 5.74) is 0.938. The van der Waals surface area contributed by atoms with E-state index < -0.39 is 6.10 Å². The molecule has 0 aliphatic carbocycles. The fourth-order valence-electron chi connectivity index (χ4n) is 1.48. The normalized spacial score (nSPS) is 13.2. The number of thiazole rings is 1. The zero-order valence-electron chi connectivity index (χ0n) is 11.7. The van der Waals surface area contributed by atoms with Gasteiger partial charge in [0.2, 0.25) is 0 Å². The molecule has 108 valence electrons. The maximum absolute atomic E-state index is 12.0. The summed E-state index contributed by atoms with van der Waals surface area (Å²) in [4.78, 5) is 16.2. The van der Waals surface area contributed by atoms with E-state index in [4.69, 9.17) is 4.42 Å². The van der Waals surface area contributed by atoms with Crippen LogP contribution in [0.3, 0.4) is 0 Å². The molecule has 2 aromatic rings. The first-order valence-electron chi connectivity index (χ1n) is 6.32. The molecule has 0 saturated carbocycles. The zero-order valence-corrected chi connectivity index (χ0v) is 12.5.